The number of nitrogens with zero attached hydrogens (tertiary/aromatic N) is 1. The van der Waals surface area contributed by atoms with E-state index in [1.165, 1.54) is 0 Å². The first-order valence-electron chi connectivity index (χ1n) is 6.54. The third-order valence-electron chi connectivity index (χ3n) is 3.35. The van der Waals surface area contributed by atoms with Gasteiger partial charge in [0, 0.05) is 5.69 Å². The van der Waals surface area contributed by atoms with Gasteiger partial charge in [0.15, 0.2) is 0 Å². The first kappa shape index (κ1) is 13.8. The Kier molecular flexibility index (Phi) is 4.33. The van der Waals surface area contributed by atoms with Gasteiger partial charge in [-0.1, -0.05) is 18.6 Å². The van der Waals surface area contributed by atoms with Gasteiger partial charge in [-0.2, -0.15) is 5.26 Å². The molecule has 19 heavy (non-hydrogen) atoms. The molecule has 0 radical (unpaired) electrons. The Morgan fingerprint density at radius 1 is 1.42 bits per heavy atom. The van der Waals surface area contributed by atoms with E-state index in [2.05, 4.69) is 4.98 Å². The molecule has 0 unspecified atom stereocenters. The molecule has 0 saturated carbocycles. The predicted molar refractivity (Wildman–Crippen MR) is 73.6 cm³/mol. The van der Waals surface area contributed by atoms with Crippen LogP contribution in [0.25, 0.3) is 0 Å². The number of esters is 1. The highest BCUT2D eigenvalue weighted by Crippen LogP contribution is 2.26. The maximum absolute atomic E-state index is 12.1. The third kappa shape index (κ3) is 2.69. The number of ether oxygens (including phenoxy) is 1. The van der Waals surface area contributed by atoms with Crippen molar-refractivity contribution in [3.8, 4) is 6.07 Å². The van der Waals surface area contributed by atoms with E-state index in [9.17, 15) is 10.1 Å². The zero-order valence-corrected chi connectivity index (χ0v) is 11.7. The number of aromatic amines is 1. The van der Waals surface area contributed by atoms with Crippen LogP contribution in [0.3, 0.4) is 0 Å². The number of fused-ring (bicyclic) bond motifs is 1. The van der Waals surface area contributed by atoms with Crippen LogP contribution in [0.2, 0.25) is 0 Å². The van der Waals surface area contributed by atoms with Gasteiger partial charge in [0.05, 0.1) is 12.2 Å². The van der Waals surface area contributed by atoms with Crippen LogP contribution in [0.4, 0.5) is 0 Å². The summed E-state index contributed by atoms with van der Waals surface area (Å²) in [6.07, 6.45) is 4.89. The Morgan fingerprint density at radius 2 is 2.16 bits per heavy atom. The Hall–Kier alpha value is -1.67. The standard InChI is InChI=1S/C14H16N2O2S/c1-2-18-14(17)12-9-6-4-3-5-7-11(9)16-13(19)10(12)8-15/h2-7H2,1H3,(H,16,19). The highest BCUT2D eigenvalue weighted by Gasteiger charge is 2.23. The van der Waals surface area contributed by atoms with Gasteiger partial charge in [-0.15, -0.1) is 0 Å². The van der Waals surface area contributed by atoms with Crippen LogP contribution in [0.1, 0.15) is 53.4 Å². The van der Waals surface area contributed by atoms with E-state index in [1.807, 2.05) is 6.07 Å². The summed E-state index contributed by atoms with van der Waals surface area (Å²) in [6.45, 7) is 2.05. The van der Waals surface area contributed by atoms with E-state index in [4.69, 9.17) is 17.0 Å². The molecule has 0 spiro atoms. The molecule has 100 valence electrons. The lowest BCUT2D eigenvalue weighted by molar-refractivity contribution is 0.0524. The summed E-state index contributed by atoms with van der Waals surface area (Å²) in [5.41, 5.74) is 2.53. The summed E-state index contributed by atoms with van der Waals surface area (Å²) in [5.74, 6) is -0.433. The molecule has 0 amide bonds. The summed E-state index contributed by atoms with van der Waals surface area (Å²) in [4.78, 5) is 15.2. The Morgan fingerprint density at radius 3 is 2.84 bits per heavy atom. The number of carbonyl (C=O) groups excluding carboxylic acids is 1. The van der Waals surface area contributed by atoms with Gasteiger partial charge >= 0.3 is 5.97 Å². The van der Waals surface area contributed by atoms with E-state index in [1.54, 1.807) is 6.92 Å². The predicted octanol–water partition coefficient (Wildman–Crippen LogP) is 3.06. The van der Waals surface area contributed by atoms with Gasteiger partial charge in [-0.25, -0.2) is 4.79 Å². The Labute approximate surface area is 117 Å². The van der Waals surface area contributed by atoms with Gasteiger partial charge in [-0.05, 0) is 38.2 Å². The van der Waals surface area contributed by atoms with Crippen molar-refractivity contribution >= 4 is 18.2 Å². The molecule has 0 aromatic carbocycles. The summed E-state index contributed by atoms with van der Waals surface area (Å²) >= 11 is 5.19. The van der Waals surface area contributed by atoms with Crippen LogP contribution in [0.5, 0.6) is 0 Å². The summed E-state index contributed by atoms with van der Waals surface area (Å²) in [5, 5.41) is 9.24. The zero-order chi connectivity index (χ0) is 13.8. The van der Waals surface area contributed by atoms with E-state index >= 15 is 0 Å². The number of aryl methyl sites for hydroxylation is 1. The molecule has 1 aromatic heterocycles. The SMILES string of the molecule is CCOC(=O)c1c2c([nH]c(=S)c1C#N)CCCCC2. The lowest BCUT2D eigenvalue weighted by Gasteiger charge is -2.13. The number of hydrogen-bond acceptors (Lipinski definition) is 4. The van der Waals surface area contributed by atoms with Crippen LogP contribution in [0, 0.1) is 16.0 Å². The molecule has 0 atom stereocenters. The molecule has 0 fully saturated rings. The highest BCUT2D eigenvalue weighted by molar-refractivity contribution is 7.71. The van der Waals surface area contributed by atoms with Crippen LogP contribution in [0.15, 0.2) is 0 Å². The lowest BCUT2D eigenvalue weighted by atomic mass is 9.98. The monoisotopic (exact) mass is 276 g/mol. The maximum Gasteiger partial charge on any atom is 0.339 e. The molecule has 0 aliphatic heterocycles. The highest BCUT2D eigenvalue weighted by atomic mass is 32.1. The van der Waals surface area contributed by atoms with Gasteiger partial charge in [-0.3, -0.25) is 0 Å². The van der Waals surface area contributed by atoms with Crippen molar-refractivity contribution in [2.75, 3.05) is 6.61 Å². The lowest BCUT2D eigenvalue weighted by Crippen LogP contribution is -2.14. The molecule has 1 heterocycles. The van der Waals surface area contributed by atoms with Crippen molar-refractivity contribution in [2.24, 2.45) is 0 Å². The van der Waals surface area contributed by atoms with Crippen LogP contribution in [-0.4, -0.2) is 17.6 Å². The first-order valence-corrected chi connectivity index (χ1v) is 6.95. The number of hydrogen-bond donors (Lipinski definition) is 1. The second kappa shape index (κ2) is 5.98. The quantitative estimate of drug-likeness (QED) is 0.512. The topological polar surface area (TPSA) is 65.9 Å². The average molecular weight is 276 g/mol. The molecular formula is C14H16N2O2S. The fourth-order valence-electron chi connectivity index (χ4n) is 2.50. The number of aromatic nitrogens is 1. The fourth-order valence-corrected chi connectivity index (χ4v) is 2.77. The fraction of sp³-hybridized carbons (Fsp3) is 0.500. The molecule has 4 nitrogen and oxygen atoms in total. The maximum atomic E-state index is 12.1. The van der Waals surface area contributed by atoms with Crippen molar-refractivity contribution < 1.29 is 9.53 Å². The summed E-state index contributed by atoms with van der Waals surface area (Å²) < 4.78 is 5.42. The van der Waals surface area contributed by atoms with Gasteiger partial charge < -0.3 is 9.72 Å². The number of nitriles is 1. The molecule has 1 aromatic rings. The van der Waals surface area contributed by atoms with Crippen molar-refractivity contribution in [2.45, 2.75) is 39.0 Å². The van der Waals surface area contributed by atoms with Gasteiger partial charge in [0.25, 0.3) is 0 Å². The molecule has 1 aliphatic carbocycles. The number of nitrogens with one attached hydrogen (secondary N) is 1. The van der Waals surface area contributed by atoms with Gasteiger partial charge in [0.2, 0.25) is 0 Å². The van der Waals surface area contributed by atoms with Crippen molar-refractivity contribution in [1.82, 2.24) is 4.98 Å². The minimum atomic E-state index is -0.433. The minimum Gasteiger partial charge on any atom is -0.462 e. The number of H-pyrrole nitrogens is 1. The van der Waals surface area contributed by atoms with E-state index < -0.39 is 5.97 Å². The Balaban J connectivity index is 2.66. The van der Waals surface area contributed by atoms with Crippen molar-refractivity contribution in [3.05, 3.63) is 27.0 Å². The Bertz CT molecular complexity index is 599. The van der Waals surface area contributed by atoms with Crippen molar-refractivity contribution in [3.63, 3.8) is 0 Å². The largest absolute Gasteiger partial charge is 0.462 e. The van der Waals surface area contributed by atoms with E-state index in [0.29, 0.717) is 16.8 Å². The summed E-state index contributed by atoms with van der Waals surface area (Å²) in [7, 11) is 0. The minimum absolute atomic E-state index is 0.245. The number of rotatable bonds is 2. The zero-order valence-electron chi connectivity index (χ0n) is 10.9. The summed E-state index contributed by atoms with van der Waals surface area (Å²) in [6, 6.07) is 2.04. The normalized spacial score (nSPS) is 14.1. The molecule has 0 bridgehead atoms. The van der Waals surface area contributed by atoms with Crippen LogP contribution < -0.4 is 0 Å². The van der Waals surface area contributed by atoms with E-state index in [-0.39, 0.29) is 5.56 Å². The molecule has 1 aliphatic rings. The first-order chi connectivity index (χ1) is 9.19. The number of pyridine rings is 1. The smallest absolute Gasteiger partial charge is 0.339 e. The molecule has 0 saturated heterocycles. The molecule has 5 heteroatoms. The number of carbonyl (C=O) groups is 1. The second-order valence-corrected chi connectivity index (χ2v) is 4.96. The third-order valence-corrected chi connectivity index (χ3v) is 3.66. The second-order valence-electron chi connectivity index (χ2n) is 4.55. The molecule has 1 N–H and O–H groups in total. The van der Waals surface area contributed by atoms with E-state index in [0.717, 1.165) is 43.4 Å². The molecule has 2 rings (SSSR count). The average Bonchev–Trinajstić information content (AvgIpc) is 2.62. The van der Waals surface area contributed by atoms with Crippen molar-refractivity contribution in [1.29, 1.82) is 5.26 Å². The van der Waals surface area contributed by atoms with Crippen LogP contribution in [-0.2, 0) is 17.6 Å². The van der Waals surface area contributed by atoms with Crippen LogP contribution >= 0.6 is 12.2 Å². The molecular weight excluding hydrogens is 260 g/mol. The van der Waals surface area contributed by atoms with Gasteiger partial charge in [0.1, 0.15) is 16.3 Å².